The van der Waals surface area contributed by atoms with E-state index in [1.54, 1.807) is 41.8 Å². The number of rotatable bonds is 5. The lowest BCUT2D eigenvalue weighted by atomic mass is 10.1. The number of hydrogen-bond acceptors (Lipinski definition) is 11. The number of nitrogen functional groups attached to an aromatic ring is 1. The fourth-order valence-electron chi connectivity index (χ4n) is 4.54. The summed E-state index contributed by atoms with van der Waals surface area (Å²) < 4.78 is 12.2. The average molecular weight is 558 g/mol. The molecule has 4 aromatic heterocycles. The Morgan fingerprint density at radius 3 is 2.63 bits per heavy atom. The van der Waals surface area contributed by atoms with Crippen LogP contribution in [0.1, 0.15) is 23.4 Å². The molecule has 0 aliphatic carbocycles. The molecule has 38 heavy (non-hydrogen) atoms. The molecule has 0 saturated carbocycles. The largest absolute Gasteiger partial charge is 0.451 e. The van der Waals surface area contributed by atoms with Crippen LogP contribution in [0.2, 0.25) is 0 Å². The van der Waals surface area contributed by atoms with Crippen LogP contribution in [0.3, 0.4) is 0 Å². The number of ether oxygens (including phenoxy) is 1. The van der Waals surface area contributed by atoms with Crippen molar-refractivity contribution in [2.75, 3.05) is 60.2 Å². The van der Waals surface area contributed by atoms with Crippen LogP contribution in [0.4, 0.5) is 22.5 Å². The zero-order valence-corrected chi connectivity index (χ0v) is 22.1. The first-order valence-electron chi connectivity index (χ1n) is 12.2. The highest BCUT2D eigenvalue weighted by Gasteiger charge is 2.25. The molecule has 4 N–H and O–H groups in total. The minimum atomic E-state index is -0.384. The predicted octanol–water partition coefficient (Wildman–Crippen LogP) is 3.40. The molecule has 0 spiro atoms. The van der Waals surface area contributed by atoms with Crippen LogP contribution in [0.15, 0.2) is 40.9 Å². The van der Waals surface area contributed by atoms with Gasteiger partial charge in [-0.15, -0.1) is 12.4 Å². The van der Waals surface area contributed by atoms with E-state index in [1.807, 2.05) is 6.07 Å². The Balaban J connectivity index is 0.00000294. The second kappa shape index (κ2) is 11.1. The van der Waals surface area contributed by atoms with Crippen molar-refractivity contribution < 1.29 is 19.1 Å². The van der Waals surface area contributed by atoms with Crippen LogP contribution in [0.25, 0.3) is 21.7 Å². The SMILES string of the molecule is Cl.Nc1cc(-c2ccc(C(=O)Nc3cc4sc(N5CCOCC5)nc4nc3N3CCC(O)CC3)o2)ccn1. The van der Waals surface area contributed by atoms with Gasteiger partial charge in [0.05, 0.1) is 29.7 Å². The molecule has 2 aliphatic heterocycles. The van der Waals surface area contributed by atoms with Gasteiger partial charge in [-0.1, -0.05) is 11.3 Å². The Hall–Kier alpha value is -3.45. The third kappa shape index (κ3) is 5.39. The first-order valence-corrected chi connectivity index (χ1v) is 13.1. The zero-order valence-electron chi connectivity index (χ0n) is 20.5. The third-order valence-electron chi connectivity index (χ3n) is 6.54. The van der Waals surface area contributed by atoms with Crippen molar-refractivity contribution >= 4 is 62.5 Å². The van der Waals surface area contributed by atoms with E-state index in [0.717, 1.165) is 28.5 Å². The van der Waals surface area contributed by atoms with Gasteiger partial charge < -0.3 is 35.1 Å². The van der Waals surface area contributed by atoms with E-state index in [2.05, 4.69) is 20.1 Å². The quantitative estimate of drug-likeness (QED) is 0.334. The maximum absolute atomic E-state index is 13.2. The number of pyridine rings is 2. The summed E-state index contributed by atoms with van der Waals surface area (Å²) in [7, 11) is 0. The topological polar surface area (TPSA) is 143 Å². The van der Waals surface area contributed by atoms with E-state index in [4.69, 9.17) is 24.9 Å². The third-order valence-corrected chi connectivity index (χ3v) is 7.59. The van der Waals surface area contributed by atoms with E-state index in [9.17, 15) is 9.90 Å². The van der Waals surface area contributed by atoms with E-state index in [-0.39, 0.29) is 30.2 Å². The highest BCUT2D eigenvalue weighted by Crippen LogP contribution is 2.36. The number of carbonyl (C=O) groups excluding carboxylic acids is 1. The number of nitrogens with one attached hydrogen (secondary N) is 1. The van der Waals surface area contributed by atoms with Gasteiger partial charge in [-0.2, -0.15) is 4.98 Å². The Morgan fingerprint density at radius 2 is 1.87 bits per heavy atom. The van der Waals surface area contributed by atoms with Crippen molar-refractivity contribution in [2.45, 2.75) is 18.9 Å². The number of nitrogens with two attached hydrogens (primary N) is 1. The number of aliphatic hydroxyl groups is 1. The number of fused-ring (bicyclic) bond motifs is 1. The monoisotopic (exact) mass is 557 g/mol. The number of aliphatic hydroxyl groups excluding tert-OH is 1. The maximum atomic E-state index is 13.2. The van der Waals surface area contributed by atoms with Crippen LogP contribution >= 0.6 is 23.7 Å². The van der Waals surface area contributed by atoms with Gasteiger partial charge in [-0.25, -0.2) is 9.97 Å². The number of furan rings is 1. The Bertz CT molecular complexity index is 1430. The molecule has 13 heteroatoms. The van der Waals surface area contributed by atoms with Gasteiger partial charge >= 0.3 is 0 Å². The molecule has 0 atom stereocenters. The van der Waals surface area contributed by atoms with Crippen LogP contribution in [-0.4, -0.2) is 71.5 Å². The molecule has 0 radical (unpaired) electrons. The highest BCUT2D eigenvalue weighted by atomic mass is 35.5. The van der Waals surface area contributed by atoms with Crippen LogP contribution in [-0.2, 0) is 4.74 Å². The fourth-order valence-corrected chi connectivity index (χ4v) is 5.54. The summed E-state index contributed by atoms with van der Waals surface area (Å²) in [5, 5.41) is 13.9. The number of anilines is 4. The second-order valence-corrected chi connectivity index (χ2v) is 10.1. The molecule has 6 rings (SSSR count). The maximum Gasteiger partial charge on any atom is 0.291 e. The summed E-state index contributed by atoms with van der Waals surface area (Å²) in [6, 6.07) is 8.75. The number of carbonyl (C=O) groups is 1. The van der Waals surface area contributed by atoms with Crippen molar-refractivity contribution in [1.82, 2.24) is 15.0 Å². The molecule has 6 heterocycles. The lowest BCUT2D eigenvalue weighted by Crippen LogP contribution is -2.37. The number of halogens is 1. The summed E-state index contributed by atoms with van der Waals surface area (Å²) in [5.41, 5.74) is 7.74. The van der Waals surface area contributed by atoms with Crippen molar-refractivity contribution in [3.8, 4) is 11.3 Å². The lowest BCUT2D eigenvalue weighted by molar-refractivity contribution is 0.0997. The second-order valence-electron chi connectivity index (χ2n) is 9.08. The molecule has 2 aliphatic rings. The minimum Gasteiger partial charge on any atom is -0.451 e. The number of aromatic nitrogens is 3. The summed E-state index contributed by atoms with van der Waals surface area (Å²) in [6.07, 6.45) is 2.55. The van der Waals surface area contributed by atoms with Crippen LogP contribution in [0.5, 0.6) is 0 Å². The van der Waals surface area contributed by atoms with Crippen LogP contribution < -0.4 is 20.9 Å². The summed E-state index contributed by atoms with van der Waals surface area (Å²) in [4.78, 5) is 31.2. The number of piperidine rings is 1. The van der Waals surface area contributed by atoms with Crippen LogP contribution in [0, 0.1) is 0 Å². The zero-order chi connectivity index (χ0) is 25.4. The van der Waals surface area contributed by atoms with E-state index in [1.165, 1.54) is 0 Å². The van der Waals surface area contributed by atoms with Crippen molar-refractivity contribution in [3.05, 3.63) is 42.3 Å². The Kier molecular flexibility index (Phi) is 7.65. The van der Waals surface area contributed by atoms with Gasteiger partial charge in [-0.3, -0.25) is 4.79 Å². The van der Waals surface area contributed by atoms with Gasteiger partial charge in [0.15, 0.2) is 22.4 Å². The van der Waals surface area contributed by atoms with Crippen molar-refractivity contribution in [2.24, 2.45) is 0 Å². The molecule has 0 bridgehead atoms. The first-order chi connectivity index (χ1) is 18.0. The normalized spacial score (nSPS) is 16.4. The van der Waals surface area contributed by atoms with E-state index in [0.29, 0.717) is 67.9 Å². The van der Waals surface area contributed by atoms with Crippen molar-refractivity contribution in [3.63, 3.8) is 0 Å². The molecule has 4 aromatic rings. The highest BCUT2D eigenvalue weighted by molar-refractivity contribution is 7.22. The first kappa shape index (κ1) is 26.2. The molecule has 11 nitrogen and oxygen atoms in total. The molecule has 1 amide bonds. The smallest absolute Gasteiger partial charge is 0.291 e. The van der Waals surface area contributed by atoms with Gasteiger partial charge in [0.1, 0.15) is 11.6 Å². The minimum absolute atomic E-state index is 0. The molecular formula is C25H28ClN7O4S. The standard InChI is InChI=1S/C25H27N7O4S.ClH/c26-21-13-15(3-6-27-21)18-1-2-19(36-18)24(34)28-17-14-20-22(29-23(17)31-7-4-16(33)5-8-31)30-25(37-20)32-9-11-35-12-10-32;/h1-3,6,13-14,16,33H,4-5,7-12H2,(H2,26,27)(H,28,34);1H. The molecule has 200 valence electrons. The fraction of sp³-hybridized carbons (Fsp3) is 0.360. The summed E-state index contributed by atoms with van der Waals surface area (Å²) >= 11 is 1.55. The predicted molar refractivity (Wildman–Crippen MR) is 149 cm³/mol. The van der Waals surface area contributed by atoms with Crippen molar-refractivity contribution in [1.29, 1.82) is 0 Å². The van der Waals surface area contributed by atoms with E-state index >= 15 is 0 Å². The number of morpholine rings is 1. The van der Waals surface area contributed by atoms with Gasteiger partial charge in [-0.05, 0) is 43.2 Å². The number of hydrogen-bond donors (Lipinski definition) is 3. The molecule has 0 aromatic carbocycles. The van der Waals surface area contributed by atoms with Gasteiger partial charge in [0.2, 0.25) is 0 Å². The molecular weight excluding hydrogens is 530 g/mol. The summed E-state index contributed by atoms with van der Waals surface area (Å²) in [6.45, 7) is 4.18. The van der Waals surface area contributed by atoms with Gasteiger partial charge in [0.25, 0.3) is 5.91 Å². The molecule has 2 fully saturated rings. The Labute approximate surface area is 229 Å². The Morgan fingerprint density at radius 1 is 1.08 bits per heavy atom. The average Bonchev–Trinajstić information content (AvgIpc) is 3.57. The number of nitrogens with zero attached hydrogens (tertiary/aromatic N) is 5. The number of thiazole rings is 1. The number of amides is 1. The summed E-state index contributed by atoms with van der Waals surface area (Å²) in [5.74, 6) is 1.32. The van der Waals surface area contributed by atoms with Gasteiger partial charge in [0, 0.05) is 37.9 Å². The molecule has 2 saturated heterocycles. The van der Waals surface area contributed by atoms with E-state index < -0.39 is 0 Å². The molecule has 0 unspecified atom stereocenters. The lowest BCUT2D eigenvalue weighted by Gasteiger charge is -2.31.